The second-order valence-corrected chi connectivity index (χ2v) is 4.28. The SMILES string of the molecule is CCC(Nc1cc(F)ccc1F)c1ccc(F)cc1. The zero-order chi connectivity index (χ0) is 13.8. The first kappa shape index (κ1) is 13.5. The molecule has 4 heteroatoms. The number of anilines is 1. The summed E-state index contributed by atoms with van der Waals surface area (Å²) in [6.07, 6.45) is 0.668. The van der Waals surface area contributed by atoms with Gasteiger partial charge in [-0.25, -0.2) is 13.2 Å². The summed E-state index contributed by atoms with van der Waals surface area (Å²) in [5.41, 5.74) is 0.934. The third kappa shape index (κ3) is 3.28. The van der Waals surface area contributed by atoms with Crippen molar-refractivity contribution in [3.63, 3.8) is 0 Å². The Labute approximate surface area is 110 Å². The van der Waals surface area contributed by atoms with E-state index < -0.39 is 11.6 Å². The predicted octanol–water partition coefficient (Wildman–Crippen LogP) is 4.67. The van der Waals surface area contributed by atoms with E-state index in [0.717, 1.165) is 23.8 Å². The zero-order valence-corrected chi connectivity index (χ0v) is 10.5. The third-order valence-electron chi connectivity index (χ3n) is 2.94. The molecule has 1 N–H and O–H groups in total. The molecular formula is C15H14F3N. The third-order valence-corrected chi connectivity index (χ3v) is 2.94. The van der Waals surface area contributed by atoms with Crippen molar-refractivity contribution in [3.05, 3.63) is 65.5 Å². The molecule has 2 aromatic carbocycles. The molecule has 0 bridgehead atoms. The van der Waals surface area contributed by atoms with Crippen LogP contribution in [0.15, 0.2) is 42.5 Å². The Balaban J connectivity index is 2.23. The van der Waals surface area contributed by atoms with Crippen molar-refractivity contribution in [2.24, 2.45) is 0 Å². The van der Waals surface area contributed by atoms with E-state index >= 15 is 0 Å². The summed E-state index contributed by atoms with van der Waals surface area (Å²) < 4.78 is 39.5. The highest BCUT2D eigenvalue weighted by atomic mass is 19.1. The summed E-state index contributed by atoms with van der Waals surface area (Å²) in [6, 6.07) is 9.03. The quantitative estimate of drug-likeness (QED) is 0.847. The average molecular weight is 265 g/mol. The van der Waals surface area contributed by atoms with Crippen LogP contribution in [0, 0.1) is 17.5 Å². The molecule has 0 radical (unpaired) electrons. The van der Waals surface area contributed by atoms with E-state index in [2.05, 4.69) is 5.32 Å². The number of halogens is 3. The summed E-state index contributed by atoms with van der Waals surface area (Å²) in [6.45, 7) is 1.91. The van der Waals surface area contributed by atoms with Crippen LogP contribution in [0.3, 0.4) is 0 Å². The highest BCUT2D eigenvalue weighted by Crippen LogP contribution is 2.25. The fraction of sp³-hybridized carbons (Fsp3) is 0.200. The number of nitrogens with one attached hydrogen (secondary N) is 1. The minimum Gasteiger partial charge on any atom is -0.376 e. The molecule has 0 spiro atoms. The van der Waals surface area contributed by atoms with Gasteiger partial charge >= 0.3 is 0 Å². The van der Waals surface area contributed by atoms with Gasteiger partial charge in [-0.2, -0.15) is 0 Å². The first-order chi connectivity index (χ1) is 9.10. The van der Waals surface area contributed by atoms with Crippen molar-refractivity contribution >= 4 is 5.69 Å². The van der Waals surface area contributed by atoms with Crippen molar-refractivity contribution in [2.45, 2.75) is 19.4 Å². The Hall–Kier alpha value is -1.97. The fourth-order valence-corrected chi connectivity index (χ4v) is 1.91. The molecule has 0 saturated carbocycles. The van der Waals surface area contributed by atoms with Gasteiger partial charge in [-0.1, -0.05) is 19.1 Å². The number of hydrogen-bond donors (Lipinski definition) is 1. The molecule has 100 valence electrons. The lowest BCUT2D eigenvalue weighted by molar-refractivity contribution is 0.598. The molecule has 0 saturated heterocycles. The van der Waals surface area contributed by atoms with Gasteiger partial charge in [0.25, 0.3) is 0 Å². The van der Waals surface area contributed by atoms with E-state index in [-0.39, 0.29) is 17.5 Å². The highest BCUT2D eigenvalue weighted by molar-refractivity contribution is 5.47. The zero-order valence-electron chi connectivity index (χ0n) is 10.5. The van der Waals surface area contributed by atoms with Crippen molar-refractivity contribution in [1.82, 2.24) is 0 Å². The predicted molar refractivity (Wildman–Crippen MR) is 69.4 cm³/mol. The Kier molecular flexibility index (Phi) is 4.10. The van der Waals surface area contributed by atoms with Gasteiger partial charge in [0.15, 0.2) is 0 Å². The average Bonchev–Trinajstić information content (AvgIpc) is 2.41. The molecule has 0 heterocycles. The molecule has 1 unspecified atom stereocenters. The Morgan fingerprint density at radius 1 is 0.947 bits per heavy atom. The summed E-state index contributed by atoms with van der Waals surface area (Å²) in [4.78, 5) is 0. The first-order valence-electron chi connectivity index (χ1n) is 6.07. The maximum Gasteiger partial charge on any atom is 0.146 e. The van der Waals surface area contributed by atoms with Gasteiger partial charge in [0, 0.05) is 0 Å². The summed E-state index contributed by atoms with van der Waals surface area (Å²) in [7, 11) is 0. The van der Waals surface area contributed by atoms with Crippen LogP contribution in [0.1, 0.15) is 24.9 Å². The van der Waals surface area contributed by atoms with Gasteiger partial charge in [-0.3, -0.25) is 0 Å². The topological polar surface area (TPSA) is 12.0 Å². The molecule has 19 heavy (non-hydrogen) atoms. The van der Waals surface area contributed by atoms with Gasteiger partial charge in [-0.05, 0) is 42.3 Å². The lowest BCUT2D eigenvalue weighted by atomic mass is 10.0. The monoisotopic (exact) mass is 265 g/mol. The maximum atomic E-state index is 13.6. The smallest absolute Gasteiger partial charge is 0.146 e. The summed E-state index contributed by atoms with van der Waals surface area (Å²) in [5.74, 6) is -1.34. The van der Waals surface area contributed by atoms with E-state index in [1.807, 2.05) is 6.92 Å². The molecule has 0 aromatic heterocycles. The molecule has 0 aliphatic carbocycles. The molecule has 0 aliphatic rings. The van der Waals surface area contributed by atoms with Gasteiger partial charge < -0.3 is 5.32 Å². The fourth-order valence-electron chi connectivity index (χ4n) is 1.91. The van der Waals surface area contributed by atoms with Crippen LogP contribution in [-0.4, -0.2) is 0 Å². The van der Waals surface area contributed by atoms with E-state index in [1.54, 1.807) is 12.1 Å². The van der Waals surface area contributed by atoms with Gasteiger partial charge in [-0.15, -0.1) is 0 Å². The first-order valence-corrected chi connectivity index (χ1v) is 6.07. The largest absolute Gasteiger partial charge is 0.376 e. The minimum atomic E-state index is -0.512. The molecule has 2 aromatic rings. The Morgan fingerprint density at radius 2 is 1.58 bits per heavy atom. The molecule has 0 fully saturated rings. The number of rotatable bonds is 4. The Morgan fingerprint density at radius 3 is 2.21 bits per heavy atom. The lowest BCUT2D eigenvalue weighted by Gasteiger charge is -2.19. The number of hydrogen-bond acceptors (Lipinski definition) is 1. The van der Waals surface area contributed by atoms with Gasteiger partial charge in [0.1, 0.15) is 17.5 Å². The lowest BCUT2D eigenvalue weighted by Crippen LogP contribution is -2.11. The van der Waals surface area contributed by atoms with Crippen LogP contribution in [0.2, 0.25) is 0 Å². The molecule has 0 aliphatic heterocycles. The molecule has 0 amide bonds. The van der Waals surface area contributed by atoms with Crippen molar-refractivity contribution in [1.29, 1.82) is 0 Å². The number of benzene rings is 2. The molecular weight excluding hydrogens is 251 g/mol. The summed E-state index contributed by atoms with van der Waals surface area (Å²) in [5, 5.41) is 2.94. The molecule has 2 rings (SSSR count). The van der Waals surface area contributed by atoms with E-state index in [4.69, 9.17) is 0 Å². The second-order valence-electron chi connectivity index (χ2n) is 4.28. The molecule has 1 nitrogen and oxygen atoms in total. The van der Waals surface area contributed by atoms with Crippen molar-refractivity contribution in [3.8, 4) is 0 Å². The maximum absolute atomic E-state index is 13.6. The normalized spacial score (nSPS) is 12.2. The van der Waals surface area contributed by atoms with Crippen LogP contribution < -0.4 is 5.32 Å². The van der Waals surface area contributed by atoms with Crippen molar-refractivity contribution < 1.29 is 13.2 Å². The van der Waals surface area contributed by atoms with Gasteiger partial charge in [0.2, 0.25) is 0 Å². The van der Waals surface area contributed by atoms with Crippen LogP contribution in [0.4, 0.5) is 18.9 Å². The van der Waals surface area contributed by atoms with Crippen LogP contribution in [0.25, 0.3) is 0 Å². The minimum absolute atomic E-state index is 0.108. The molecule has 1 atom stereocenters. The van der Waals surface area contributed by atoms with E-state index in [9.17, 15) is 13.2 Å². The Bertz CT molecular complexity index is 552. The van der Waals surface area contributed by atoms with Crippen LogP contribution in [-0.2, 0) is 0 Å². The van der Waals surface area contributed by atoms with Crippen molar-refractivity contribution in [2.75, 3.05) is 5.32 Å². The highest BCUT2D eigenvalue weighted by Gasteiger charge is 2.12. The van der Waals surface area contributed by atoms with Crippen LogP contribution >= 0.6 is 0 Å². The van der Waals surface area contributed by atoms with Crippen LogP contribution in [0.5, 0.6) is 0 Å². The summed E-state index contributed by atoms with van der Waals surface area (Å²) >= 11 is 0. The second kappa shape index (κ2) is 5.78. The van der Waals surface area contributed by atoms with E-state index in [0.29, 0.717) is 6.42 Å². The van der Waals surface area contributed by atoms with E-state index in [1.165, 1.54) is 12.1 Å². The standard InChI is InChI=1S/C15H14F3N/c1-2-14(10-3-5-11(16)6-4-10)19-15-9-12(17)7-8-13(15)18/h3-9,14,19H,2H2,1H3. The van der Waals surface area contributed by atoms with Gasteiger partial charge in [0.05, 0.1) is 11.7 Å².